The lowest BCUT2D eigenvalue weighted by Crippen LogP contribution is -2.08. The van der Waals surface area contributed by atoms with E-state index >= 15 is 0 Å². The summed E-state index contributed by atoms with van der Waals surface area (Å²) in [4.78, 5) is 0. The third-order valence-electron chi connectivity index (χ3n) is 2.34. The quantitative estimate of drug-likeness (QED) is 0.544. The van der Waals surface area contributed by atoms with Gasteiger partial charge < -0.3 is 9.84 Å². The Labute approximate surface area is 92.5 Å². The number of aliphatic hydroxyl groups is 1. The van der Waals surface area contributed by atoms with Crippen molar-refractivity contribution in [3.8, 4) is 0 Å². The van der Waals surface area contributed by atoms with Crippen molar-refractivity contribution in [1.82, 2.24) is 0 Å². The van der Waals surface area contributed by atoms with Crippen molar-refractivity contribution in [2.24, 2.45) is 0 Å². The van der Waals surface area contributed by atoms with E-state index in [-0.39, 0.29) is 6.61 Å². The maximum absolute atomic E-state index is 8.52. The molecule has 1 atom stereocenters. The van der Waals surface area contributed by atoms with Gasteiger partial charge in [-0.1, -0.05) is 49.1 Å². The van der Waals surface area contributed by atoms with Crippen molar-refractivity contribution in [3.05, 3.63) is 35.9 Å². The average molecular weight is 205 g/mol. The van der Waals surface area contributed by atoms with Gasteiger partial charge in [0.05, 0.1) is 13.2 Å². The first-order valence-corrected chi connectivity index (χ1v) is 5.41. The smallest absolute Gasteiger partial charge is 0.122 e. The van der Waals surface area contributed by atoms with Crippen LogP contribution in [0, 0.1) is 0 Å². The van der Waals surface area contributed by atoms with Gasteiger partial charge in [-0.15, -0.1) is 0 Å². The Hall–Kier alpha value is -0.795. The molecule has 3 heteroatoms. The summed E-state index contributed by atoms with van der Waals surface area (Å²) in [5.41, 5.74) is 1.33. The molecule has 0 fully saturated rings. The lowest BCUT2D eigenvalue weighted by Gasteiger charge is -2.10. The molecular weight excluding hydrogens is 187 g/mol. The Morgan fingerprint density at radius 2 is 2.00 bits per heavy atom. The van der Waals surface area contributed by atoms with E-state index in [9.17, 15) is 0 Å². The lowest BCUT2D eigenvalue weighted by atomic mass is 9.60. The number of aliphatic hydroxyl groups excluding tert-OH is 1. The van der Waals surface area contributed by atoms with Crippen LogP contribution >= 0.6 is 0 Å². The van der Waals surface area contributed by atoms with Gasteiger partial charge in [0.25, 0.3) is 0 Å². The second-order valence-corrected chi connectivity index (χ2v) is 3.56. The number of hydrogen-bond donors (Lipinski definition) is 1. The second kappa shape index (κ2) is 7.49. The van der Waals surface area contributed by atoms with Crippen molar-refractivity contribution in [2.75, 3.05) is 19.8 Å². The van der Waals surface area contributed by atoms with Crippen molar-refractivity contribution < 1.29 is 9.84 Å². The molecule has 0 bridgehead atoms. The molecule has 0 heterocycles. The van der Waals surface area contributed by atoms with Crippen LogP contribution < -0.4 is 0 Å². The van der Waals surface area contributed by atoms with E-state index in [4.69, 9.17) is 9.84 Å². The van der Waals surface area contributed by atoms with Gasteiger partial charge in [0, 0.05) is 6.61 Å². The predicted molar refractivity (Wildman–Crippen MR) is 63.3 cm³/mol. The van der Waals surface area contributed by atoms with Crippen LogP contribution in [0.2, 0.25) is 6.32 Å². The van der Waals surface area contributed by atoms with Gasteiger partial charge in [0.2, 0.25) is 0 Å². The Morgan fingerprint density at radius 3 is 2.67 bits per heavy atom. The van der Waals surface area contributed by atoms with E-state index in [0.29, 0.717) is 19.0 Å². The third-order valence-corrected chi connectivity index (χ3v) is 2.34. The summed E-state index contributed by atoms with van der Waals surface area (Å²) >= 11 is 0. The Kier molecular flexibility index (Phi) is 6.13. The molecule has 1 radical (unpaired) electrons. The molecule has 0 saturated carbocycles. The lowest BCUT2D eigenvalue weighted by molar-refractivity contribution is 0.101. The summed E-state index contributed by atoms with van der Waals surface area (Å²) in [7, 11) is 2.24. The fraction of sp³-hybridized carbons (Fsp3) is 0.500. The van der Waals surface area contributed by atoms with Crippen LogP contribution in [0.15, 0.2) is 30.3 Å². The van der Waals surface area contributed by atoms with E-state index < -0.39 is 0 Å². The van der Waals surface area contributed by atoms with Gasteiger partial charge in [-0.3, -0.25) is 0 Å². The van der Waals surface area contributed by atoms with Crippen molar-refractivity contribution >= 4 is 7.28 Å². The minimum atomic E-state index is 0.105. The topological polar surface area (TPSA) is 29.5 Å². The molecule has 0 spiro atoms. The zero-order valence-electron chi connectivity index (χ0n) is 9.23. The molecule has 0 amide bonds. The first kappa shape index (κ1) is 12.3. The van der Waals surface area contributed by atoms with Crippen molar-refractivity contribution in [2.45, 2.75) is 19.1 Å². The summed E-state index contributed by atoms with van der Waals surface area (Å²) in [6.07, 6.45) is 0.927. The predicted octanol–water partition coefficient (Wildman–Crippen LogP) is 1.88. The molecule has 1 aromatic rings. The number of benzene rings is 1. The standard InChI is InChI=1S/C12H18BO2/c1-11(12-5-3-2-4-6-12)13-7-9-15-10-8-14/h2-6,11,14H,7-10H2,1H3. The second-order valence-electron chi connectivity index (χ2n) is 3.56. The fourth-order valence-corrected chi connectivity index (χ4v) is 1.46. The van der Waals surface area contributed by atoms with E-state index in [0.717, 1.165) is 6.32 Å². The molecule has 1 rings (SSSR count). The molecule has 1 aromatic carbocycles. The molecule has 1 unspecified atom stereocenters. The Morgan fingerprint density at radius 1 is 1.27 bits per heavy atom. The highest BCUT2D eigenvalue weighted by atomic mass is 16.5. The summed E-state index contributed by atoms with van der Waals surface area (Å²) in [5, 5.41) is 8.52. The highest BCUT2D eigenvalue weighted by Crippen LogP contribution is 2.13. The van der Waals surface area contributed by atoms with Gasteiger partial charge in [0.15, 0.2) is 0 Å². The van der Waals surface area contributed by atoms with Crippen LogP contribution in [0.4, 0.5) is 0 Å². The van der Waals surface area contributed by atoms with Gasteiger partial charge >= 0.3 is 0 Å². The molecule has 81 valence electrons. The molecule has 1 N–H and O–H groups in total. The van der Waals surface area contributed by atoms with Gasteiger partial charge in [0.1, 0.15) is 7.28 Å². The zero-order chi connectivity index (χ0) is 10.9. The first-order chi connectivity index (χ1) is 7.34. The van der Waals surface area contributed by atoms with Crippen LogP contribution in [0.25, 0.3) is 0 Å². The van der Waals surface area contributed by atoms with E-state index in [1.807, 2.05) is 6.07 Å². The maximum atomic E-state index is 8.52. The van der Waals surface area contributed by atoms with Crippen LogP contribution in [-0.2, 0) is 4.74 Å². The molecule has 0 aromatic heterocycles. The van der Waals surface area contributed by atoms with Gasteiger partial charge in [-0.2, -0.15) is 0 Å². The number of ether oxygens (including phenoxy) is 1. The highest BCUT2D eigenvalue weighted by Gasteiger charge is 2.05. The average Bonchev–Trinajstić information content (AvgIpc) is 2.30. The molecular formula is C12H18BO2. The normalized spacial score (nSPS) is 12.4. The summed E-state index contributed by atoms with van der Waals surface area (Å²) < 4.78 is 5.19. The molecule has 2 nitrogen and oxygen atoms in total. The van der Waals surface area contributed by atoms with Crippen LogP contribution in [0.1, 0.15) is 18.3 Å². The Bertz CT molecular complexity index is 251. The van der Waals surface area contributed by atoms with E-state index in [1.165, 1.54) is 5.56 Å². The molecule has 0 aliphatic heterocycles. The number of hydrogen-bond acceptors (Lipinski definition) is 2. The molecule has 15 heavy (non-hydrogen) atoms. The first-order valence-electron chi connectivity index (χ1n) is 5.41. The van der Waals surface area contributed by atoms with Crippen molar-refractivity contribution in [1.29, 1.82) is 0 Å². The summed E-state index contributed by atoms with van der Waals surface area (Å²) in [5.74, 6) is 0.462. The number of rotatable bonds is 7. The zero-order valence-corrected chi connectivity index (χ0v) is 9.23. The molecule has 0 saturated heterocycles. The summed E-state index contributed by atoms with van der Waals surface area (Å²) in [6.45, 7) is 3.42. The monoisotopic (exact) mass is 205 g/mol. The van der Waals surface area contributed by atoms with E-state index in [1.54, 1.807) is 0 Å². The third kappa shape index (κ3) is 5.00. The van der Waals surface area contributed by atoms with Crippen molar-refractivity contribution in [3.63, 3.8) is 0 Å². The highest BCUT2D eigenvalue weighted by molar-refractivity contribution is 6.37. The van der Waals surface area contributed by atoms with Gasteiger partial charge in [-0.05, 0) is 5.82 Å². The maximum Gasteiger partial charge on any atom is 0.122 e. The fourth-order valence-electron chi connectivity index (χ4n) is 1.46. The Balaban J connectivity index is 2.16. The van der Waals surface area contributed by atoms with Gasteiger partial charge in [-0.25, -0.2) is 0 Å². The summed E-state index contributed by atoms with van der Waals surface area (Å²) in [6, 6.07) is 10.4. The molecule has 0 aliphatic carbocycles. The SMILES string of the molecule is CC([B]CCOCCO)c1ccccc1. The van der Waals surface area contributed by atoms with Crippen LogP contribution in [0.3, 0.4) is 0 Å². The molecule has 0 aliphatic rings. The van der Waals surface area contributed by atoms with E-state index in [2.05, 4.69) is 38.5 Å². The van der Waals surface area contributed by atoms with Crippen LogP contribution in [0.5, 0.6) is 0 Å². The minimum absolute atomic E-state index is 0.105. The van der Waals surface area contributed by atoms with Crippen LogP contribution in [-0.4, -0.2) is 32.2 Å². The minimum Gasteiger partial charge on any atom is -0.394 e. The largest absolute Gasteiger partial charge is 0.394 e.